The summed E-state index contributed by atoms with van der Waals surface area (Å²) in [7, 11) is 0. The lowest BCUT2D eigenvalue weighted by Crippen LogP contribution is -2.58. The van der Waals surface area contributed by atoms with Crippen molar-refractivity contribution in [3.63, 3.8) is 0 Å². The van der Waals surface area contributed by atoms with Gasteiger partial charge in [-0.3, -0.25) is 19.2 Å². The largest absolute Gasteiger partial charge is 0.508 e. The number of amides is 3. The highest BCUT2D eigenvalue weighted by Gasteiger charge is 2.32. The minimum absolute atomic E-state index is 0.0224. The summed E-state index contributed by atoms with van der Waals surface area (Å²) >= 11 is 0. The number of aliphatic carboxylic acids is 2. The number of nitrogens with zero attached hydrogens (tertiary/aromatic N) is 1. The van der Waals surface area contributed by atoms with Crippen LogP contribution in [0.5, 0.6) is 5.75 Å². The molecule has 2 heterocycles. The van der Waals surface area contributed by atoms with Crippen LogP contribution in [0.1, 0.15) is 23.2 Å². The van der Waals surface area contributed by atoms with Gasteiger partial charge in [0.2, 0.25) is 17.7 Å². The van der Waals surface area contributed by atoms with Gasteiger partial charge in [-0.25, -0.2) is 9.78 Å². The van der Waals surface area contributed by atoms with Crippen LogP contribution in [0, 0.1) is 0 Å². The molecule has 0 fully saturated rings. The Morgan fingerprint density at radius 3 is 2.13 bits per heavy atom. The molecule has 2 aromatic carbocycles. The van der Waals surface area contributed by atoms with Crippen LogP contribution in [-0.2, 0) is 43.2 Å². The zero-order valence-electron chi connectivity index (χ0n) is 23.9. The first kappa shape index (κ1) is 32.2. The van der Waals surface area contributed by atoms with Crippen LogP contribution >= 0.6 is 0 Å². The van der Waals surface area contributed by atoms with Crippen LogP contribution < -0.4 is 21.7 Å². The molecule has 4 atom stereocenters. The molecule has 0 aliphatic rings. The Hall–Kier alpha value is -5.70. The first-order valence-corrected chi connectivity index (χ1v) is 13.9. The number of imidazole rings is 1. The number of phenols is 1. The Labute approximate surface area is 256 Å². The van der Waals surface area contributed by atoms with E-state index in [0.717, 1.165) is 16.5 Å². The van der Waals surface area contributed by atoms with Crippen molar-refractivity contribution in [2.75, 3.05) is 0 Å². The van der Waals surface area contributed by atoms with E-state index in [0.29, 0.717) is 11.3 Å². The Bertz CT molecular complexity index is 1650. The lowest BCUT2D eigenvalue weighted by Gasteiger charge is -2.24. The third-order valence-corrected chi connectivity index (χ3v) is 7.07. The summed E-state index contributed by atoms with van der Waals surface area (Å²) in [6.45, 7) is 0. The van der Waals surface area contributed by atoms with Gasteiger partial charge in [-0.2, -0.15) is 0 Å². The normalized spacial score (nSPS) is 13.7. The van der Waals surface area contributed by atoms with Crippen LogP contribution in [0.15, 0.2) is 67.3 Å². The highest BCUT2D eigenvalue weighted by atomic mass is 16.4. The summed E-state index contributed by atoms with van der Waals surface area (Å²) in [5, 5.41) is 36.8. The first-order chi connectivity index (χ1) is 21.5. The van der Waals surface area contributed by atoms with E-state index >= 15 is 0 Å². The van der Waals surface area contributed by atoms with Gasteiger partial charge < -0.3 is 47.0 Å². The van der Waals surface area contributed by atoms with Gasteiger partial charge in [0.05, 0.1) is 18.8 Å². The van der Waals surface area contributed by atoms with Crippen LogP contribution in [-0.4, -0.2) is 84.1 Å². The van der Waals surface area contributed by atoms with Crippen molar-refractivity contribution in [3.05, 3.63) is 84.1 Å². The molecule has 10 N–H and O–H groups in total. The fourth-order valence-electron chi connectivity index (χ4n) is 4.73. The molecule has 15 heteroatoms. The smallest absolute Gasteiger partial charge is 0.326 e. The minimum atomic E-state index is -1.68. The molecule has 0 aliphatic heterocycles. The average Bonchev–Trinajstić information content (AvgIpc) is 3.67. The monoisotopic (exact) mass is 619 g/mol. The molecule has 0 saturated heterocycles. The highest BCUT2D eigenvalue weighted by Crippen LogP contribution is 2.19. The summed E-state index contributed by atoms with van der Waals surface area (Å²) in [6, 6.07) is 7.78. The van der Waals surface area contributed by atoms with E-state index in [1.807, 2.05) is 24.3 Å². The fraction of sp³-hybridized carbons (Fsp3) is 0.267. The number of carboxylic acids is 2. The van der Waals surface area contributed by atoms with Crippen molar-refractivity contribution in [2.24, 2.45) is 5.73 Å². The Morgan fingerprint density at radius 2 is 1.47 bits per heavy atom. The fourth-order valence-corrected chi connectivity index (χ4v) is 4.73. The molecule has 0 spiro atoms. The summed E-state index contributed by atoms with van der Waals surface area (Å²) in [4.78, 5) is 72.8. The molecule has 0 saturated carbocycles. The third-order valence-electron chi connectivity index (χ3n) is 7.07. The summed E-state index contributed by atoms with van der Waals surface area (Å²) in [6.07, 6.45) is 3.44. The van der Waals surface area contributed by atoms with Crippen LogP contribution in [0.3, 0.4) is 0 Å². The minimum Gasteiger partial charge on any atom is -0.508 e. The van der Waals surface area contributed by atoms with Gasteiger partial charge in [0, 0.05) is 41.8 Å². The molecule has 4 unspecified atom stereocenters. The second-order valence-electron chi connectivity index (χ2n) is 10.4. The number of aromatic nitrogens is 3. The van der Waals surface area contributed by atoms with Crippen molar-refractivity contribution in [1.82, 2.24) is 30.9 Å². The molecule has 2 aromatic heterocycles. The lowest BCUT2D eigenvalue weighted by atomic mass is 10.0. The van der Waals surface area contributed by atoms with Gasteiger partial charge in [-0.05, 0) is 35.7 Å². The number of nitrogens with two attached hydrogens (primary N) is 1. The van der Waals surface area contributed by atoms with E-state index < -0.39 is 60.2 Å². The molecular weight excluding hydrogens is 586 g/mol. The predicted molar refractivity (Wildman–Crippen MR) is 160 cm³/mol. The van der Waals surface area contributed by atoms with E-state index in [9.17, 15) is 39.3 Å². The van der Waals surface area contributed by atoms with E-state index in [1.54, 1.807) is 6.20 Å². The van der Waals surface area contributed by atoms with E-state index in [2.05, 4.69) is 30.9 Å². The maximum absolute atomic E-state index is 13.5. The van der Waals surface area contributed by atoms with Gasteiger partial charge in [0.1, 0.15) is 23.9 Å². The van der Waals surface area contributed by atoms with Crippen LogP contribution in [0.4, 0.5) is 0 Å². The molecule has 3 amide bonds. The molecule has 4 rings (SSSR count). The Morgan fingerprint density at radius 1 is 0.800 bits per heavy atom. The molecular formula is C30H33N7O8. The van der Waals surface area contributed by atoms with Crippen molar-refractivity contribution in [1.29, 1.82) is 0 Å². The standard InChI is InChI=1S/C30H33N7O8/c31-21(10-17-13-33-22-4-2-1-3-20(17)22)27(41)35-23(9-16-5-7-19(38)8-6-16)28(42)36-24(12-26(39)40)29(43)37-25(30(44)45)11-18-14-32-15-34-18/h1-8,13-15,21,23-25,33,38H,9-12,31H2,(H,32,34)(H,35,41)(H,36,42)(H,37,43)(H,39,40)(H,44,45). The number of hydrogen-bond acceptors (Lipinski definition) is 8. The number of fused-ring (bicyclic) bond motifs is 1. The van der Waals surface area contributed by atoms with Crippen molar-refractivity contribution >= 4 is 40.6 Å². The van der Waals surface area contributed by atoms with E-state index in [4.69, 9.17) is 5.73 Å². The van der Waals surface area contributed by atoms with E-state index in [-0.39, 0.29) is 25.0 Å². The van der Waals surface area contributed by atoms with Crippen molar-refractivity contribution in [3.8, 4) is 5.75 Å². The number of carbonyl (C=O) groups is 5. The molecule has 0 aliphatic carbocycles. The number of rotatable bonds is 15. The van der Waals surface area contributed by atoms with Crippen molar-refractivity contribution in [2.45, 2.75) is 49.9 Å². The Kier molecular flexibility index (Phi) is 10.5. The number of hydrogen-bond donors (Lipinski definition) is 9. The topological polar surface area (TPSA) is 253 Å². The summed E-state index contributed by atoms with van der Waals surface area (Å²) < 4.78 is 0. The second kappa shape index (κ2) is 14.7. The number of nitrogens with one attached hydrogen (secondary N) is 5. The molecule has 0 bridgehead atoms. The van der Waals surface area contributed by atoms with Gasteiger partial charge in [-0.15, -0.1) is 0 Å². The number of para-hydroxylation sites is 1. The second-order valence-corrected chi connectivity index (χ2v) is 10.4. The zero-order valence-corrected chi connectivity index (χ0v) is 23.9. The molecule has 236 valence electrons. The summed E-state index contributed by atoms with van der Waals surface area (Å²) in [5.74, 6) is -5.48. The number of benzene rings is 2. The van der Waals surface area contributed by atoms with E-state index in [1.165, 1.54) is 36.8 Å². The van der Waals surface area contributed by atoms with Crippen LogP contribution in [0.25, 0.3) is 10.9 Å². The Balaban J connectivity index is 1.50. The number of aromatic hydroxyl groups is 1. The quantitative estimate of drug-likeness (QED) is 0.0858. The number of aromatic amines is 2. The molecule has 0 radical (unpaired) electrons. The first-order valence-electron chi connectivity index (χ1n) is 13.9. The van der Waals surface area contributed by atoms with Crippen molar-refractivity contribution < 1.29 is 39.3 Å². The van der Waals surface area contributed by atoms with Gasteiger partial charge in [-0.1, -0.05) is 30.3 Å². The van der Waals surface area contributed by atoms with Gasteiger partial charge >= 0.3 is 11.9 Å². The predicted octanol–water partition coefficient (Wildman–Crippen LogP) is -0.0345. The zero-order chi connectivity index (χ0) is 32.5. The number of H-pyrrole nitrogens is 2. The molecule has 15 nitrogen and oxygen atoms in total. The average molecular weight is 620 g/mol. The lowest BCUT2D eigenvalue weighted by molar-refractivity contribution is -0.143. The maximum Gasteiger partial charge on any atom is 0.326 e. The molecule has 4 aromatic rings. The van der Waals surface area contributed by atoms with Crippen LogP contribution in [0.2, 0.25) is 0 Å². The highest BCUT2D eigenvalue weighted by molar-refractivity contribution is 5.96. The number of carbonyl (C=O) groups excluding carboxylic acids is 3. The van der Waals surface area contributed by atoms with Gasteiger partial charge in [0.25, 0.3) is 0 Å². The SMILES string of the molecule is NC(Cc1c[nH]c2ccccc12)C(=O)NC(Cc1ccc(O)cc1)C(=O)NC(CC(=O)O)C(=O)NC(Cc1cnc[nH]1)C(=O)O. The number of carboxylic acid groups (broad SMARTS) is 2. The third kappa shape index (κ3) is 8.90. The molecule has 45 heavy (non-hydrogen) atoms. The van der Waals surface area contributed by atoms with Gasteiger partial charge in [0.15, 0.2) is 0 Å². The summed E-state index contributed by atoms with van der Waals surface area (Å²) in [5.41, 5.74) is 8.80. The number of phenolic OH excluding ortho intramolecular Hbond substituents is 1. The maximum atomic E-state index is 13.5.